The number of hydrogen-bond donors (Lipinski definition) is 0. The Kier molecular flexibility index (Phi) is 3.12. The lowest BCUT2D eigenvalue weighted by Crippen LogP contribution is -2.23. The number of halogens is 3. The van der Waals surface area contributed by atoms with Gasteiger partial charge < -0.3 is 0 Å². The SMILES string of the molecule is Cc1cc(-n2c(=O)cc(F)n3c(C)nnc23)c(F)cc1Br. The lowest BCUT2D eigenvalue weighted by Gasteiger charge is -2.10. The van der Waals surface area contributed by atoms with Gasteiger partial charge in [-0.3, -0.25) is 4.79 Å². The highest BCUT2D eigenvalue weighted by atomic mass is 79.9. The Morgan fingerprint density at radius 3 is 2.57 bits per heavy atom. The van der Waals surface area contributed by atoms with Crippen LogP contribution in [0.3, 0.4) is 0 Å². The Balaban J connectivity index is 2.46. The molecule has 2 aromatic heterocycles. The summed E-state index contributed by atoms with van der Waals surface area (Å²) < 4.78 is 30.7. The van der Waals surface area contributed by atoms with Gasteiger partial charge in [0.1, 0.15) is 11.6 Å². The van der Waals surface area contributed by atoms with Crippen molar-refractivity contribution in [3.05, 3.63) is 56.2 Å². The smallest absolute Gasteiger partial charge is 0.262 e. The Bertz CT molecular complexity index is 932. The van der Waals surface area contributed by atoms with Gasteiger partial charge in [-0.25, -0.2) is 13.4 Å². The second kappa shape index (κ2) is 4.73. The number of nitrogens with zero attached hydrogens (tertiary/aromatic N) is 4. The highest BCUT2D eigenvalue weighted by Gasteiger charge is 2.17. The van der Waals surface area contributed by atoms with E-state index in [0.717, 1.165) is 20.6 Å². The molecule has 0 N–H and O–H groups in total. The molecule has 0 bridgehead atoms. The second-order valence-electron chi connectivity index (χ2n) is 4.58. The monoisotopic (exact) mass is 354 g/mol. The normalized spacial score (nSPS) is 11.3. The predicted molar refractivity (Wildman–Crippen MR) is 75.7 cm³/mol. The maximum atomic E-state index is 14.2. The summed E-state index contributed by atoms with van der Waals surface area (Å²) in [5, 5.41) is 7.50. The van der Waals surface area contributed by atoms with Gasteiger partial charge in [-0.05, 0) is 31.5 Å². The van der Waals surface area contributed by atoms with Crippen LogP contribution in [0.5, 0.6) is 0 Å². The van der Waals surface area contributed by atoms with Crippen LogP contribution in [0.25, 0.3) is 11.5 Å². The van der Waals surface area contributed by atoms with E-state index in [9.17, 15) is 13.6 Å². The zero-order valence-electron chi connectivity index (χ0n) is 11.1. The quantitative estimate of drug-likeness (QED) is 0.631. The van der Waals surface area contributed by atoms with E-state index in [4.69, 9.17) is 0 Å². The summed E-state index contributed by atoms with van der Waals surface area (Å²) in [5.74, 6) is -1.21. The van der Waals surface area contributed by atoms with Gasteiger partial charge in [0.05, 0.1) is 11.8 Å². The Hall–Kier alpha value is -2.09. The molecule has 0 saturated heterocycles. The molecule has 0 saturated carbocycles. The molecule has 3 rings (SSSR count). The van der Waals surface area contributed by atoms with Gasteiger partial charge in [0.25, 0.3) is 5.56 Å². The van der Waals surface area contributed by atoms with Crippen LogP contribution in [0.2, 0.25) is 0 Å². The van der Waals surface area contributed by atoms with Crippen molar-refractivity contribution >= 4 is 21.7 Å². The van der Waals surface area contributed by atoms with Gasteiger partial charge >= 0.3 is 0 Å². The summed E-state index contributed by atoms with van der Waals surface area (Å²) >= 11 is 3.22. The molecule has 2 heterocycles. The fourth-order valence-electron chi connectivity index (χ4n) is 2.12. The third-order valence-corrected chi connectivity index (χ3v) is 4.01. The van der Waals surface area contributed by atoms with E-state index in [0.29, 0.717) is 4.47 Å². The Labute approximate surface area is 126 Å². The summed E-state index contributed by atoms with van der Waals surface area (Å²) in [6.07, 6.45) is 0. The van der Waals surface area contributed by atoms with Gasteiger partial charge in [-0.15, -0.1) is 10.2 Å². The van der Waals surface area contributed by atoms with Crippen LogP contribution >= 0.6 is 15.9 Å². The molecular weight excluding hydrogens is 346 g/mol. The maximum Gasteiger partial charge on any atom is 0.262 e. The van der Waals surface area contributed by atoms with Gasteiger partial charge in [-0.1, -0.05) is 15.9 Å². The van der Waals surface area contributed by atoms with Crippen LogP contribution in [0.1, 0.15) is 11.4 Å². The van der Waals surface area contributed by atoms with Gasteiger partial charge in [0.2, 0.25) is 11.7 Å². The van der Waals surface area contributed by atoms with Gasteiger partial charge in [-0.2, -0.15) is 4.39 Å². The van der Waals surface area contributed by atoms with Gasteiger partial charge in [0.15, 0.2) is 0 Å². The molecule has 0 fully saturated rings. The Morgan fingerprint density at radius 2 is 1.86 bits per heavy atom. The summed E-state index contributed by atoms with van der Waals surface area (Å²) in [5.41, 5.74) is 0.0168. The molecule has 108 valence electrons. The zero-order valence-corrected chi connectivity index (χ0v) is 12.6. The van der Waals surface area contributed by atoms with E-state index in [1.54, 1.807) is 13.8 Å². The molecule has 8 heteroatoms. The minimum atomic E-state index is -0.789. The maximum absolute atomic E-state index is 14.2. The zero-order chi connectivity index (χ0) is 15.3. The molecule has 3 aromatic rings. The first-order valence-electron chi connectivity index (χ1n) is 5.99. The molecule has 1 aromatic carbocycles. The number of fused-ring (bicyclic) bond motifs is 1. The molecule has 0 amide bonds. The standard InChI is InChI=1S/C13H9BrF2N4O/c1-6-3-10(9(15)4-8(6)14)20-12(21)5-11(16)19-7(2)17-18-13(19)20/h3-5H,1-2H3. The van der Waals surface area contributed by atoms with Crippen molar-refractivity contribution in [3.63, 3.8) is 0 Å². The van der Waals surface area contributed by atoms with E-state index < -0.39 is 17.3 Å². The van der Waals surface area contributed by atoms with E-state index in [2.05, 4.69) is 26.1 Å². The van der Waals surface area contributed by atoms with Crippen molar-refractivity contribution in [2.45, 2.75) is 13.8 Å². The van der Waals surface area contributed by atoms with E-state index in [-0.39, 0.29) is 17.3 Å². The second-order valence-corrected chi connectivity index (χ2v) is 5.43. The van der Waals surface area contributed by atoms with Crippen LogP contribution in [0, 0.1) is 25.6 Å². The molecule has 0 aliphatic rings. The molecular formula is C13H9BrF2N4O. The fourth-order valence-corrected chi connectivity index (χ4v) is 2.43. The van der Waals surface area contributed by atoms with Crippen molar-refractivity contribution in [2.24, 2.45) is 0 Å². The van der Waals surface area contributed by atoms with Gasteiger partial charge in [0, 0.05) is 4.47 Å². The van der Waals surface area contributed by atoms with E-state index >= 15 is 0 Å². The highest BCUT2D eigenvalue weighted by Crippen LogP contribution is 2.23. The summed E-state index contributed by atoms with van der Waals surface area (Å²) in [7, 11) is 0. The van der Waals surface area contributed by atoms with E-state index in [1.165, 1.54) is 12.1 Å². The van der Waals surface area contributed by atoms with Crippen LogP contribution in [-0.4, -0.2) is 19.2 Å². The predicted octanol–water partition coefficient (Wildman–Crippen LogP) is 2.54. The van der Waals surface area contributed by atoms with Crippen molar-refractivity contribution in [3.8, 4) is 5.69 Å². The highest BCUT2D eigenvalue weighted by molar-refractivity contribution is 9.10. The topological polar surface area (TPSA) is 52.2 Å². The molecule has 0 unspecified atom stereocenters. The average molecular weight is 355 g/mol. The van der Waals surface area contributed by atoms with Crippen LogP contribution < -0.4 is 5.56 Å². The lowest BCUT2D eigenvalue weighted by atomic mass is 10.2. The van der Waals surface area contributed by atoms with Crippen molar-refractivity contribution in [2.75, 3.05) is 0 Å². The molecule has 5 nitrogen and oxygen atoms in total. The number of rotatable bonds is 1. The first kappa shape index (κ1) is 13.9. The summed E-state index contributed by atoms with van der Waals surface area (Å²) in [6.45, 7) is 3.30. The number of hydrogen-bond acceptors (Lipinski definition) is 3. The van der Waals surface area contributed by atoms with Crippen LogP contribution in [0.15, 0.2) is 27.5 Å². The molecule has 0 aliphatic carbocycles. The van der Waals surface area contributed by atoms with Crippen molar-refractivity contribution in [1.82, 2.24) is 19.2 Å². The van der Waals surface area contributed by atoms with Crippen molar-refractivity contribution in [1.29, 1.82) is 0 Å². The van der Waals surface area contributed by atoms with E-state index in [1.807, 2.05) is 0 Å². The van der Waals surface area contributed by atoms with Crippen molar-refractivity contribution < 1.29 is 8.78 Å². The first-order valence-corrected chi connectivity index (χ1v) is 6.78. The molecule has 21 heavy (non-hydrogen) atoms. The number of aryl methyl sites for hydroxylation is 2. The number of aromatic nitrogens is 4. The lowest BCUT2D eigenvalue weighted by molar-refractivity contribution is 0.550. The molecule has 0 atom stereocenters. The first-order chi connectivity index (χ1) is 9.90. The number of benzene rings is 1. The fraction of sp³-hybridized carbons (Fsp3) is 0.154. The molecule has 0 radical (unpaired) electrons. The largest absolute Gasteiger partial charge is 0.269 e. The minimum absolute atomic E-state index is 0.00176. The minimum Gasteiger partial charge on any atom is -0.269 e. The third kappa shape index (κ3) is 2.06. The molecule has 0 spiro atoms. The summed E-state index contributed by atoms with van der Waals surface area (Å²) in [4.78, 5) is 12.1. The average Bonchev–Trinajstić information content (AvgIpc) is 2.78. The molecule has 0 aliphatic heterocycles. The van der Waals surface area contributed by atoms with Crippen LogP contribution in [0.4, 0.5) is 8.78 Å². The van der Waals surface area contributed by atoms with Crippen LogP contribution in [-0.2, 0) is 0 Å². The third-order valence-electron chi connectivity index (χ3n) is 3.15. The Morgan fingerprint density at radius 1 is 1.14 bits per heavy atom. The summed E-state index contributed by atoms with van der Waals surface area (Å²) in [6, 6.07) is 3.52.